The molecule has 36 heavy (non-hydrogen) atoms. The maximum atomic E-state index is 14.1. The number of rotatable bonds is 8. The first-order chi connectivity index (χ1) is 17.4. The van der Waals surface area contributed by atoms with Crippen molar-refractivity contribution in [2.45, 2.75) is 18.4 Å². The number of sulfonamides is 1. The molecule has 0 spiro atoms. The molecule has 8 heteroatoms. The molecule has 0 radical (unpaired) electrons. The van der Waals surface area contributed by atoms with E-state index in [0.29, 0.717) is 12.8 Å². The van der Waals surface area contributed by atoms with Gasteiger partial charge in [-0.1, -0.05) is 54.6 Å². The van der Waals surface area contributed by atoms with Gasteiger partial charge in [0.2, 0.25) is 5.78 Å². The Balaban J connectivity index is 1.72. The summed E-state index contributed by atoms with van der Waals surface area (Å²) in [5, 5.41) is 14.2. The van der Waals surface area contributed by atoms with Crippen molar-refractivity contribution in [3.8, 4) is 0 Å². The molecule has 1 saturated heterocycles. The third-order valence-electron chi connectivity index (χ3n) is 7.24. The number of nitrogens with zero attached hydrogens (tertiary/aromatic N) is 1. The standard InChI is InChI=1S/C28H28NO5PS/c1-34-21-28-18-11-19-29(28)36(32,33)26(27(28)31)25(30)20-35(22-12-5-2-6-13-22,23-14-7-3-8-15-23)24-16-9-4-10-17-24/h2-10,12-17H,11,18-21H2,1H3/p+1. The maximum Gasteiger partial charge on any atom is 0.251 e. The van der Waals surface area contributed by atoms with Crippen molar-refractivity contribution >= 4 is 39.0 Å². The lowest BCUT2D eigenvalue weighted by Gasteiger charge is -2.29. The minimum Gasteiger partial charge on any atom is -0.509 e. The highest BCUT2D eigenvalue weighted by Gasteiger charge is 2.61. The van der Waals surface area contributed by atoms with Crippen LogP contribution in [-0.4, -0.2) is 55.6 Å². The molecule has 186 valence electrons. The van der Waals surface area contributed by atoms with Crippen LogP contribution in [0, 0.1) is 0 Å². The number of hydrogen-bond acceptors (Lipinski definition) is 5. The fourth-order valence-electron chi connectivity index (χ4n) is 5.67. The smallest absolute Gasteiger partial charge is 0.251 e. The zero-order valence-corrected chi connectivity index (χ0v) is 21.8. The monoisotopic (exact) mass is 522 g/mol. The van der Waals surface area contributed by atoms with Crippen molar-refractivity contribution in [1.29, 1.82) is 0 Å². The topological polar surface area (TPSA) is 83.9 Å². The number of ether oxygens (including phenoxy) is 1. The van der Waals surface area contributed by atoms with Crippen molar-refractivity contribution in [2.75, 3.05) is 26.4 Å². The van der Waals surface area contributed by atoms with Crippen LogP contribution in [0.1, 0.15) is 12.8 Å². The highest BCUT2D eigenvalue weighted by molar-refractivity contribution is 7.97. The SMILES string of the molecule is COCC12CCCN1S(=O)(=O)C(C(=O)C[P+](c1ccccc1)(c1ccccc1)c1ccccc1)=C2O. The van der Waals surface area contributed by atoms with E-state index >= 15 is 0 Å². The Morgan fingerprint density at radius 2 is 1.39 bits per heavy atom. The first-order valence-corrected chi connectivity index (χ1v) is 15.3. The summed E-state index contributed by atoms with van der Waals surface area (Å²) in [5.74, 6) is -0.943. The number of fused-ring (bicyclic) bond motifs is 1. The Morgan fingerprint density at radius 1 is 0.917 bits per heavy atom. The molecule has 6 nitrogen and oxygen atoms in total. The number of aliphatic hydroxyl groups is 1. The summed E-state index contributed by atoms with van der Waals surface area (Å²) in [5.41, 5.74) is -1.20. The summed E-state index contributed by atoms with van der Waals surface area (Å²) in [4.78, 5) is 13.7. The molecule has 5 rings (SSSR count). The predicted molar refractivity (Wildman–Crippen MR) is 144 cm³/mol. The van der Waals surface area contributed by atoms with Crippen LogP contribution >= 0.6 is 7.26 Å². The molecule has 1 atom stereocenters. The van der Waals surface area contributed by atoms with Crippen LogP contribution in [0.3, 0.4) is 0 Å². The van der Waals surface area contributed by atoms with Gasteiger partial charge in [-0.25, -0.2) is 8.42 Å². The number of ketones is 1. The molecule has 0 saturated carbocycles. The number of carbonyl (C=O) groups excluding carboxylic acids is 1. The molecule has 1 unspecified atom stereocenters. The number of aliphatic hydroxyl groups excluding tert-OH is 1. The van der Waals surface area contributed by atoms with Gasteiger partial charge in [0.1, 0.15) is 40.6 Å². The summed E-state index contributed by atoms with van der Waals surface area (Å²) < 4.78 is 33.9. The van der Waals surface area contributed by atoms with Gasteiger partial charge >= 0.3 is 0 Å². The Morgan fingerprint density at radius 3 is 1.83 bits per heavy atom. The fourth-order valence-corrected chi connectivity index (χ4v) is 11.9. The average Bonchev–Trinajstić information content (AvgIpc) is 3.40. The second-order valence-electron chi connectivity index (χ2n) is 9.22. The lowest BCUT2D eigenvalue weighted by Crippen LogP contribution is -2.46. The van der Waals surface area contributed by atoms with E-state index in [1.54, 1.807) is 0 Å². The van der Waals surface area contributed by atoms with Crippen molar-refractivity contribution < 1.29 is 23.1 Å². The number of benzene rings is 3. The minimum atomic E-state index is -4.16. The normalized spacial score (nSPS) is 21.5. The summed E-state index contributed by atoms with van der Waals surface area (Å²) in [6.45, 7) is 0.258. The van der Waals surface area contributed by atoms with Crippen LogP contribution in [0.25, 0.3) is 0 Å². The number of carbonyl (C=O) groups is 1. The molecule has 2 aliphatic heterocycles. The lowest BCUT2D eigenvalue weighted by atomic mass is 9.95. The van der Waals surface area contributed by atoms with E-state index in [9.17, 15) is 18.3 Å². The second kappa shape index (κ2) is 9.56. The van der Waals surface area contributed by atoms with Gasteiger partial charge in [0, 0.05) is 13.7 Å². The van der Waals surface area contributed by atoms with Gasteiger partial charge in [-0.2, -0.15) is 4.31 Å². The van der Waals surface area contributed by atoms with E-state index in [1.807, 2.05) is 91.0 Å². The first-order valence-electron chi connectivity index (χ1n) is 11.9. The van der Waals surface area contributed by atoms with Gasteiger partial charge in [0.05, 0.1) is 6.61 Å². The zero-order chi connectivity index (χ0) is 25.4. The van der Waals surface area contributed by atoms with Gasteiger partial charge in [-0.05, 0) is 49.2 Å². The third kappa shape index (κ3) is 3.73. The van der Waals surface area contributed by atoms with Gasteiger partial charge in [-0.15, -0.1) is 0 Å². The fraction of sp³-hybridized carbons (Fsp3) is 0.250. The Labute approximate surface area is 212 Å². The van der Waals surface area contributed by atoms with Crippen LogP contribution in [0.2, 0.25) is 0 Å². The molecule has 1 N–H and O–H groups in total. The average molecular weight is 523 g/mol. The van der Waals surface area contributed by atoms with E-state index < -0.39 is 33.5 Å². The summed E-state index contributed by atoms with van der Waals surface area (Å²) in [7, 11) is -5.31. The second-order valence-corrected chi connectivity index (χ2v) is 14.5. The summed E-state index contributed by atoms with van der Waals surface area (Å²) >= 11 is 0. The van der Waals surface area contributed by atoms with E-state index in [-0.39, 0.29) is 25.1 Å². The van der Waals surface area contributed by atoms with Gasteiger partial charge < -0.3 is 9.84 Å². The molecule has 0 bridgehead atoms. The third-order valence-corrected chi connectivity index (χ3v) is 13.6. The van der Waals surface area contributed by atoms with Crippen LogP contribution in [0.15, 0.2) is 102 Å². The Hall–Kier alpha value is -2.83. The molecule has 0 aromatic heterocycles. The quantitative estimate of drug-likeness (QED) is 0.460. The molecular formula is C28H29NO5PS+. The molecule has 2 aliphatic rings. The van der Waals surface area contributed by atoms with E-state index in [0.717, 1.165) is 15.9 Å². The van der Waals surface area contributed by atoms with Crippen molar-refractivity contribution in [3.05, 3.63) is 102 Å². The summed E-state index contributed by atoms with van der Waals surface area (Å²) in [6, 6.07) is 29.4. The number of Topliss-reactive ketones (excluding diaryl/α,β-unsaturated/α-hetero) is 1. The number of methoxy groups -OCH3 is 1. The Bertz CT molecular complexity index is 1300. The zero-order valence-electron chi connectivity index (χ0n) is 20.1. The van der Waals surface area contributed by atoms with Crippen LogP contribution in [-0.2, 0) is 19.6 Å². The highest BCUT2D eigenvalue weighted by Crippen LogP contribution is 2.57. The van der Waals surface area contributed by atoms with Gasteiger partial charge in [-0.3, -0.25) is 4.79 Å². The maximum absolute atomic E-state index is 14.1. The predicted octanol–water partition coefficient (Wildman–Crippen LogP) is 3.14. The molecule has 2 heterocycles. The highest BCUT2D eigenvalue weighted by atomic mass is 32.2. The van der Waals surface area contributed by atoms with Crippen molar-refractivity contribution in [3.63, 3.8) is 0 Å². The van der Waals surface area contributed by atoms with Crippen molar-refractivity contribution in [2.24, 2.45) is 0 Å². The van der Waals surface area contributed by atoms with Crippen molar-refractivity contribution in [1.82, 2.24) is 4.31 Å². The Kier molecular flexibility index (Phi) is 6.60. The van der Waals surface area contributed by atoms with Crippen LogP contribution in [0.4, 0.5) is 0 Å². The van der Waals surface area contributed by atoms with Crippen LogP contribution in [0.5, 0.6) is 0 Å². The summed E-state index contributed by atoms with van der Waals surface area (Å²) in [6.07, 6.45) is 0.961. The molecule has 3 aromatic rings. The molecule has 0 aliphatic carbocycles. The molecular weight excluding hydrogens is 493 g/mol. The minimum absolute atomic E-state index is 0.00514. The van der Waals surface area contributed by atoms with E-state index in [2.05, 4.69) is 0 Å². The lowest BCUT2D eigenvalue weighted by molar-refractivity contribution is -0.112. The largest absolute Gasteiger partial charge is 0.509 e. The first kappa shape index (κ1) is 24.8. The molecule has 1 fully saturated rings. The van der Waals surface area contributed by atoms with E-state index in [1.165, 1.54) is 11.4 Å². The number of allylic oxidation sites excluding steroid dienone is 1. The van der Waals surface area contributed by atoms with E-state index in [4.69, 9.17) is 4.74 Å². The molecule has 3 aromatic carbocycles. The number of hydrogen-bond donors (Lipinski definition) is 1. The van der Waals surface area contributed by atoms with Crippen LogP contribution < -0.4 is 15.9 Å². The molecule has 0 amide bonds. The van der Waals surface area contributed by atoms with Gasteiger partial charge in [0.25, 0.3) is 10.0 Å². The van der Waals surface area contributed by atoms with Gasteiger partial charge in [0.15, 0.2) is 4.91 Å².